The topological polar surface area (TPSA) is 36.9 Å². The maximum absolute atomic E-state index is 7.82. The van der Waals surface area contributed by atoms with E-state index in [-0.39, 0.29) is 10.3 Å². The largest absolute Gasteiger partial charge is 0.497 e. The number of methoxy groups -OCH3 is 2. The van der Waals surface area contributed by atoms with Crippen LogP contribution in [-0.4, -0.2) is 19.2 Å². The molecule has 2 atom stereocenters. The summed E-state index contributed by atoms with van der Waals surface area (Å²) in [7, 11) is 3.44. The molecule has 0 amide bonds. The van der Waals surface area contributed by atoms with E-state index in [4.69, 9.17) is 18.9 Å². The van der Waals surface area contributed by atoms with Gasteiger partial charge in [-0.05, 0) is 119 Å². The SMILES string of the molecule is COc1ccc(C2(c3ccc(OC)cc3)C=Cc3c4c(c5cc6c(cc5c3O2)SC(CC(C)C)(CC(C)C)O6)-c2ccccc2C42CC3CCCCC3C2)cc1. The molecule has 0 radical (unpaired) electrons. The van der Waals surface area contributed by atoms with Crippen LogP contribution >= 0.6 is 11.8 Å². The predicted molar refractivity (Wildman–Crippen MR) is 229 cm³/mol. The number of benzene rings is 5. The fourth-order valence-electron chi connectivity index (χ4n) is 11.6. The average Bonchev–Trinajstić information content (AvgIpc) is 3.85. The summed E-state index contributed by atoms with van der Waals surface area (Å²) in [5.41, 5.74) is 8.20. The van der Waals surface area contributed by atoms with Crippen molar-refractivity contribution in [2.75, 3.05) is 14.2 Å². The van der Waals surface area contributed by atoms with Crippen LogP contribution in [0.5, 0.6) is 23.0 Å². The summed E-state index contributed by atoms with van der Waals surface area (Å²) in [5, 5.41) is 2.41. The van der Waals surface area contributed by atoms with E-state index in [1.165, 1.54) is 76.6 Å². The van der Waals surface area contributed by atoms with Crippen molar-refractivity contribution in [3.63, 3.8) is 0 Å². The Morgan fingerprint density at radius 3 is 1.93 bits per heavy atom. The van der Waals surface area contributed by atoms with Crippen molar-refractivity contribution in [2.24, 2.45) is 23.7 Å². The van der Waals surface area contributed by atoms with Crippen LogP contribution < -0.4 is 18.9 Å². The van der Waals surface area contributed by atoms with Gasteiger partial charge in [0.1, 0.15) is 23.0 Å². The maximum atomic E-state index is 7.82. The maximum Gasteiger partial charge on any atom is 0.178 e. The Hall–Kier alpha value is -4.35. The van der Waals surface area contributed by atoms with Crippen molar-refractivity contribution in [3.05, 3.63) is 119 Å². The van der Waals surface area contributed by atoms with E-state index in [1.807, 2.05) is 36.0 Å². The molecule has 288 valence electrons. The van der Waals surface area contributed by atoms with Crippen LogP contribution in [0.1, 0.15) is 107 Å². The molecule has 0 N–H and O–H groups in total. The lowest BCUT2D eigenvalue weighted by Crippen LogP contribution is -2.35. The van der Waals surface area contributed by atoms with Gasteiger partial charge in [0.2, 0.25) is 0 Å². The minimum atomic E-state index is -0.878. The standard InChI is InChI=1S/C51H54O4S/c1-31(2)27-50(28-32(3)4)54-44-25-41-42(26-45(44)56-50)48-40(47-46(41)39-13-9-10-14-43(39)49(47)29-33-11-7-8-12-34(33)30-49)23-24-51(55-48,35-15-19-37(52-5)20-16-35)36-17-21-38(53-6)22-18-36/h9-10,13-26,31-34H,7-8,11-12,27-30H2,1-6H3. The third kappa shape index (κ3) is 5.46. The molecule has 1 spiro atoms. The van der Waals surface area contributed by atoms with Crippen molar-refractivity contribution in [3.8, 4) is 34.1 Å². The van der Waals surface area contributed by atoms with Gasteiger partial charge in [-0.15, -0.1) is 0 Å². The van der Waals surface area contributed by atoms with Crippen molar-refractivity contribution in [1.82, 2.24) is 0 Å². The highest BCUT2D eigenvalue weighted by Crippen LogP contribution is 2.67. The zero-order valence-corrected chi connectivity index (χ0v) is 34.6. The van der Waals surface area contributed by atoms with E-state index in [1.54, 1.807) is 14.2 Å². The Labute approximate surface area is 337 Å². The molecule has 2 saturated carbocycles. The summed E-state index contributed by atoms with van der Waals surface area (Å²) in [6.07, 6.45) is 14.6. The molecule has 0 saturated heterocycles. The molecule has 2 heterocycles. The summed E-state index contributed by atoms with van der Waals surface area (Å²) in [4.78, 5) is 0.925. The van der Waals surface area contributed by atoms with Gasteiger partial charge in [0.05, 0.1) is 19.1 Å². The molecule has 5 aliphatic rings. The fourth-order valence-corrected chi connectivity index (χ4v) is 13.4. The highest BCUT2D eigenvalue weighted by atomic mass is 32.2. The number of thioether (sulfide) groups is 1. The van der Waals surface area contributed by atoms with Gasteiger partial charge in [-0.1, -0.05) is 120 Å². The highest BCUT2D eigenvalue weighted by Gasteiger charge is 2.55. The predicted octanol–water partition coefficient (Wildman–Crippen LogP) is 13.3. The summed E-state index contributed by atoms with van der Waals surface area (Å²) in [6, 6.07) is 31.0. The minimum absolute atomic E-state index is 0.0501. The van der Waals surface area contributed by atoms with Gasteiger partial charge < -0.3 is 18.9 Å². The summed E-state index contributed by atoms with van der Waals surface area (Å²) in [6.45, 7) is 9.29. The summed E-state index contributed by atoms with van der Waals surface area (Å²) < 4.78 is 26.3. The first kappa shape index (κ1) is 36.0. The van der Waals surface area contributed by atoms with E-state index >= 15 is 0 Å². The molecule has 0 aromatic heterocycles. The van der Waals surface area contributed by atoms with Crippen LogP contribution in [-0.2, 0) is 11.0 Å². The number of hydrogen-bond acceptors (Lipinski definition) is 5. The van der Waals surface area contributed by atoms with Gasteiger partial charge in [-0.3, -0.25) is 0 Å². The fraction of sp³-hybridized carbons (Fsp3) is 0.412. The van der Waals surface area contributed by atoms with Gasteiger partial charge in [0.15, 0.2) is 10.5 Å². The minimum Gasteiger partial charge on any atom is -0.497 e. The van der Waals surface area contributed by atoms with Crippen molar-refractivity contribution < 1.29 is 18.9 Å². The number of ether oxygens (including phenoxy) is 4. The molecule has 2 unspecified atom stereocenters. The monoisotopic (exact) mass is 762 g/mol. The average molecular weight is 763 g/mol. The lowest BCUT2D eigenvalue weighted by atomic mass is 9.72. The van der Waals surface area contributed by atoms with Crippen LogP contribution in [0.25, 0.3) is 28.0 Å². The molecular weight excluding hydrogens is 709 g/mol. The molecule has 5 aromatic rings. The van der Waals surface area contributed by atoms with Crippen LogP contribution in [0.15, 0.2) is 95.9 Å². The van der Waals surface area contributed by atoms with E-state index < -0.39 is 5.60 Å². The molecule has 56 heavy (non-hydrogen) atoms. The second kappa shape index (κ2) is 13.4. The van der Waals surface area contributed by atoms with E-state index in [2.05, 4.69) is 101 Å². The number of rotatable bonds is 8. The third-order valence-corrected chi connectivity index (χ3v) is 15.0. The molecule has 3 aliphatic carbocycles. The second-order valence-corrected chi connectivity index (χ2v) is 19.5. The summed E-state index contributed by atoms with van der Waals surface area (Å²) >= 11 is 1.93. The lowest BCUT2D eigenvalue weighted by Gasteiger charge is -2.39. The number of fused-ring (bicyclic) bond motifs is 12. The zero-order valence-electron chi connectivity index (χ0n) is 33.7. The first-order valence-corrected chi connectivity index (χ1v) is 21.8. The molecule has 2 aliphatic heterocycles. The Bertz CT molecular complexity index is 2280. The van der Waals surface area contributed by atoms with Gasteiger partial charge in [0.25, 0.3) is 0 Å². The van der Waals surface area contributed by atoms with Gasteiger partial charge in [-0.2, -0.15) is 0 Å². The Balaban J connectivity index is 1.25. The summed E-state index contributed by atoms with van der Waals surface area (Å²) in [5.74, 6) is 6.19. The molecule has 5 heteroatoms. The Kier molecular flexibility index (Phi) is 8.60. The van der Waals surface area contributed by atoms with Crippen molar-refractivity contribution >= 4 is 28.6 Å². The van der Waals surface area contributed by atoms with Crippen LogP contribution in [0, 0.1) is 23.7 Å². The smallest absolute Gasteiger partial charge is 0.178 e. The van der Waals surface area contributed by atoms with Gasteiger partial charge >= 0.3 is 0 Å². The zero-order chi connectivity index (χ0) is 38.4. The Morgan fingerprint density at radius 1 is 0.732 bits per heavy atom. The molecular formula is C51H54O4S. The lowest BCUT2D eigenvalue weighted by molar-refractivity contribution is 0.122. The highest BCUT2D eigenvalue weighted by molar-refractivity contribution is 8.00. The Morgan fingerprint density at radius 2 is 1.34 bits per heavy atom. The van der Waals surface area contributed by atoms with Crippen LogP contribution in [0.4, 0.5) is 0 Å². The third-order valence-electron chi connectivity index (χ3n) is 13.7. The van der Waals surface area contributed by atoms with Crippen molar-refractivity contribution in [2.45, 2.75) is 99.9 Å². The first-order valence-electron chi connectivity index (χ1n) is 21.0. The molecule has 2 fully saturated rings. The molecule has 0 bridgehead atoms. The van der Waals surface area contributed by atoms with Crippen molar-refractivity contribution in [1.29, 1.82) is 0 Å². The molecule has 4 nitrogen and oxygen atoms in total. The quantitative estimate of drug-likeness (QED) is 0.157. The van der Waals surface area contributed by atoms with Gasteiger partial charge in [0, 0.05) is 27.5 Å². The number of hydrogen-bond donors (Lipinski definition) is 0. The normalized spacial score (nSPS) is 23.4. The first-order chi connectivity index (χ1) is 27.2. The molecule has 10 rings (SSSR count). The van der Waals surface area contributed by atoms with E-state index in [0.29, 0.717) is 11.8 Å². The second-order valence-electron chi connectivity index (χ2n) is 18.1. The van der Waals surface area contributed by atoms with E-state index in [0.717, 1.165) is 64.2 Å². The van der Waals surface area contributed by atoms with Crippen LogP contribution in [0.2, 0.25) is 0 Å². The molecule has 5 aromatic carbocycles. The van der Waals surface area contributed by atoms with Crippen LogP contribution in [0.3, 0.4) is 0 Å². The van der Waals surface area contributed by atoms with Gasteiger partial charge in [-0.25, -0.2) is 0 Å². The van der Waals surface area contributed by atoms with E-state index in [9.17, 15) is 0 Å².